The van der Waals surface area contributed by atoms with Crippen molar-refractivity contribution in [3.8, 4) is 0 Å². The van der Waals surface area contributed by atoms with E-state index >= 15 is 0 Å². The number of nitrogens with two attached hydrogens (primary N) is 1. The maximum Gasteiger partial charge on any atom is 0.180 e. The molecule has 2 aromatic rings. The summed E-state index contributed by atoms with van der Waals surface area (Å²) >= 11 is 1.40. The predicted molar refractivity (Wildman–Crippen MR) is 74.9 cm³/mol. The summed E-state index contributed by atoms with van der Waals surface area (Å²) in [6, 6.07) is 2.32. The molecule has 0 saturated carbocycles. The van der Waals surface area contributed by atoms with Crippen molar-refractivity contribution in [1.82, 2.24) is 4.98 Å². The molecular formula is C12H12ClF2N3S. The minimum Gasteiger partial charge on any atom is -0.375 e. The predicted octanol–water partition coefficient (Wildman–Crippen LogP) is 2.99. The Kier molecular flexibility index (Phi) is 3.91. The van der Waals surface area contributed by atoms with Gasteiger partial charge in [0.15, 0.2) is 5.13 Å². The molecule has 0 aliphatic carbocycles. The van der Waals surface area contributed by atoms with Gasteiger partial charge < -0.3 is 10.6 Å². The van der Waals surface area contributed by atoms with Crippen LogP contribution in [0.1, 0.15) is 10.4 Å². The highest BCUT2D eigenvalue weighted by Crippen LogP contribution is 2.33. The zero-order valence-electron chi connectivity index (χ0n) is 9.90. The standard InChI is InChI=1S/C12H11F2N3S.ClH/c13-7-3-10(14)9-1-2-17(11(9)4-7)6-8-5-16-12(15)18-8;/h3-5H,1-2,6H2,(H2,15,16);1H. The molecule has 0 amide bonds. The van der Waals surface area contributed by atoms with Crippen LogP contribution in [0.15, 0.2) is 18.3 Å². The lowest BCUT2D eigenvalue weighted by Gasteiger charge is -2.18. The molecule has 2 heterocycles. The highest BCUT2D eigenvalue weighted by molar-refractivity contribution is 7.15. The SMILES string of the molecule is Cl.Nc1ncc(CN2CCc3c(F)cc(F)cc32)s1. The molecule has 19 heavy (non-hydrogen) atoms. The second-order valence-electron chi connectivity index (χ2n) is 4.22. The molecule has 1 aliphatic rings. The maximum absolute atomic E-state index is 13.6. The molecule has 0 saturated heterocycles. The van der Waals surface area contributed by atoms with Crippen molar-refractivity contribution < 1.29 is 8.78 Å². The fraction of sp³-hybridized carbons (Fsp3) is 0.250. The molecule has 0 spiro atoms. The van der Waals surface area contributed by atoms with Crippen molar-refractivity contribution in [3.05, 3.63) is 40.4 Å². The third-order valence-electron chi connectivity index (χ3n) is 3.03. The largest absolute Gasteiger partial charge is 0.375 e. The van der Waals surface area contributed by atoms with E-state index in [2.05, 4.69) is 4.98 Å². The first-order chi connectivity index (χ1) is 8.63. The molecule has 1 aromatic heterocycles. The van der Waals surface area contributed by atoms with Gasteiger partial charge in [-0.25, -0.2) is 13.8 Å². The summed E-state index contributed by atoms with van der Waals surface area (Å²) < 4.78 is 26.8. The average molecular weight is 304 g/mol. The second kappa shape index (κ2) is 5.30. The van der Waals surface area contributed by atoms with Gasteiger partial charge in [0.25, 0.3) is 0 Å². The van der Waals surface area contributed by atoms with Gasteiger partial charge in [0.05, 0.1) is 6.54 Å². The Morgan fingerprint density at radius 2 is 2.16 bits per heavy atom. The fourth-order valence-electron chi connectivity index (χ4n) is 2.23. The van der Waals surface area contributed by atoms with Crippen molar-refractivity contribution in [1.29, 1.82) is 0 Å². The Bertz CT molecular complexity index is 603. The number of nitrogens with zero attached hydrogens (tertiary/aromatic N) is 2. The number of halogens is 3. The molecular weight excluding hydrogens is 292 g/mol. The summed E-state index contributed by atoms with van der Waals surface area (Å²) in [6.07, 6.45) is 2.31. The maximum atomic E-state index is 13.6. The van der Waals surface area contributed by atoms with Crippen LogP contribution in [0.25, 0.3) is 0 Å². The van der Waals surface area contributed by atoms with E-state index < -0.39 is 11.6 Å². The number of nitrogen functional groups attached to an aromatic ring is 1. The van der Waals surface area contributed by atoms with Gasteiger partial charge in [0, 0.05) is 34.9 Å². The van der Waals surface area contributed by atoms with Crippen LogP contribution < -0.4 is 10.6 Å². The highest BCUT2D eigenvalue weighted by Gasteiger charge is 2.23. The average Bonchev–Trinajstić information content (AvgIpc) is 2.87. The number of benzene rings is 1. The zero-order valence-corrected chi connectivity index (χ0v) is 11.5. The van der Waals surface area contributed by atoms with Crippen molar-refractivity contribution >= 4 is 34.6 Å². The van der Waals surface area contributed by atoms with Gasteiger partial charge in [-0.3, -0.25) is 0 Å². The molecule has 3 rings (SSSR count). The lowest BCUT2D eigenvalue weighted by atomic mass is 10.1. The molecule has 102 valence electrons. The van der Waals surface area contributed by atoms with E-state index in [0.29, 0.717) is 35.9 Å². The van der Waals surface area contributed by atoms with Gasteiger partial charge in [-0.1, -0.05) is 0 Å². The van der Waals surface area contributed by atoms with E-state index in [-0.39, 0.29) is 12.4 Å². The van der Waals surface area contributed by atoms with Gasteiger partial charge in [-0.05, 0) is 12.5 Å². The quantitative estimate of drug-likeness (QED) is 0.927. The molecule has 7 heteroatoms. The molecule has 0 radical (unpaired) electrons. The third kappa shape index (κ3) is 2.64. The van der Waals surface area contributed by atoms with Crippen LogP contribution in [0.5, 0.6) is 0 Å². The van der Waals surface area contributed by atoms with E-state index in [1.807, 2.05) is 4.90 Å². The lowest BCUT2D eigenvalue weighted by Crippen LogP contribution is -2.19. The monoisotopic (exact) mass is 303 g/mol. The van der Waals surface area contributed by atoms with E-state index in [1.165, 1.54) is 17.4 Å². The molecule has 1 aliphatic heterocycles. The van der Waals surface area contributed by atoms with Crippen LogP contribution >= 0.6 is 23.7 Å². The van der Waals surface area contributed by atoms with Crippen LogP contribution in [-0.4, -0.2) is 11.5 Å². The number of hydrogen-bond acceptors (Lipinski definition) is 4. The fourth-order valence-corrected chi connectivity index (χ4v) is 2.93. The Morgan fingerprint density at radius 3 is 2.84 bits per heavy atom. The molecule has 2 N–H and O–H groups in total. The number of hydrogen-bond donors (Lipinski definition) is 1. The second-order valence-corrected chi connectivity index (χ2v) is 5.37. The van der Waals surface area contributed by atoms with Crippen LogP contribution in [0.3, 0.4) is 0 Å². The van der Waals surface area contributed by atoms with E-state index in [4.69, 9.17) is 5.73 Å². The van der Waals surface area contributed by atoms with E-state index in [1.54, 1.807) is 6.20 Å². The number of rotatable bonds is 2. The van der Waals surface area contributed by atoms with Gasteiger partial charge in [0.1, 0.15) is 11.6 Å². The van der Waals surface area contributed by atoms with E-state index in [9.17, 15) is 8.78 Å². The van der Waals surface area contributed by atoms with Crippen LogP contribution in [0.2, 0.25) is 0 Å². The minimum atomic E-state index is -0.540. The highest BCUT2D eigenvalue weighted by atomic mass is 35.5. The summed E-state index contributed by atoms with van der Waals surface area (Å²) in [5, 5.41) is 0.509. The smallest absolute Gasteiger partial charge is 0.180 e. The topological polar surface area (TPSA) is 42.1 Å². The Labute approximate surface area is 119 Å². The van der Waals surface area contributed by atoms with Crippen LogP contribution in [0, 0.1) is 11.6 Å². The molecule has 3 nitrogen and oxygen atoms in total. The van der Waals surface area contributed by atoms with Crippen molar-refractivity contribution in [3.63, 3.8) is 0 Å². The lowest BCUT2D eigenvalue weighted by molar-refractivity contribution is 0.577. The van der Waals surface area contributed by atoms with Gasteiger partial charge >= 0.3 is 0 Å². The minimum absolute atomic E-state index is 0. The first kappa shape index (κ1) is 14.0. The normalized spacial score (nSPS) is 13.3. The molecule has 0 unspecified atom stereocenters. The van der Waals surface area contributed by atoms with Gasteiger partial charge in [0.2, 0.25) is 0 Å². The Morgan fingerprint density at radius 1 is 1.37 bits per heavy atom. The number of fused-ring (bicyclic) bond motifs is 1. The molecule has 0 bridgehead atoms. The molecule has 1 aromatic carbocycles. The summed E-state index contributed by atoms with van der Waals surface area (Å²) in [7, 11) is 0. The van der Waals surface area contributed by atoms with Crippen molar-refractivity contribution in [2.24, 2.45) is 0 Å². The molecule has 0 atom stereocenters. The summed E-state index contributed by atoms with van der Waals surface area (Å²) in [5.41, 5.74) is 6.79. The van der Waals surface area contributed by atoms with Crippen LogP contribution in [-0.2, 0) is 13.0 Å². The van der Waals surface area contributed by atoms with E-state index in [0.717, 1.165) is 10.9 Å². The molecule has 0 fully saturated rings. The van der Waals surface area contributed by atoms with Crippen molar-refractivity contribution in [2.75, 3.05) is 17.2 Å². The summed E-state index contributed by atoms with van der Waals surface area (Å²) in [6.45, 7) is 1.28. The number of anilines is 2. The Hall–Kier alpha value is -1.40. The number of aromatic nitrogens is 1. The summed E-state index contributed by atoms with van der Waals surface area (Å²) in [4.78, 5) is 6.91. The zero-order chi connectivity index (χ0) is 12.7. The van der Waals surface area contributed by atoms with Gasteiger partial charge in [-0.2, -0.15) is 0 Å². The first-order valence-electron chi connectivity index (χ1n) is 5.56. The van der Waals surface area contributed by atoms with Gasteiger partial charge in [-0.15, -0.1) is 23.7 Å². The summed E-state index contributed by atoms with van der Waals surface area (Å²) in [5.74, 6) is -1.00. The number of thiazole rings is 1. The Balaban J connectivity index is 0.00000133. The van der Waals surface area contributed by atoms with Crippen LogP contribution in [0.4, 0.5) is 19.6 Å². The van der Waals surface area contributed by atoms with Crippen molar-refractivity contribution in [2.45, 2.75) is 13.0 Å². The first-order valence-corrected chi connectivity index (χ1v) is 6.38. The third-order valence-corrected chi connectivity index (χ3v) is 3.84.